The lowest BCUT2D eigenvalue weighted by Gasteiger charge is -2.30. The van der Waals surface area contributed by atoms with E-state index in [9.17, 15) is 4.79 Å². The van der Waals surface area contributed by atoms with Crippen LogP contribution in [0.4, 0.5) is 0 Å². The molecule has 1 atom stereocenters. The fourth-order valence-electron chi connectivity index (χ4n) is 1.85. The molecule has 0 radical (unpaired) electrons. The van der Waals surface area contributed by atoms with Gasteiger partial charge in [0.05, 0.1) is 9.90 Å². The van der Waals surface area contributed by atoms with Crippen LogP contribution in [0.3, 0.4) is 0 Å². The summed E-state index contributed by atoms with van der Waals surface area (Å²) in [7, 11) is 0. The molecule has 1 unspecified atom stereocenters. The number of amides is 1. The third kappa shape index (κ3) is 2.51. The predicted molar refractivity (Wildman–Crippen MR) is 67.5 cm³/mol. The number of carbonyl (C=O) groups excluding carboxylic acids is 1. The first-order chi connectivity index (χ1) is 7.58. The van der Waals surface area contributed by atoms with Crippen molar-refractivity contribution in [2.45, 2.75) is 18.9 Å². The molecule has 0 aliphatic carbocycles. The highest BCUT2D eigenvalue weighted by atomic mass is 35.5. The topological polar surface area (TPSA) is 46.3 Å². The first kappa shape index (κ1) is 12.2. The molecule has 1 aliphatic heterocycles. The van der Waals surface area contributed by atoms with Gasteiger partial charge in [-0.15, -0.1) is 11.3 Å². The second kappa shape index (κ2) is 4.92. The summed E-state index contributed by atoms with van der Waals surface area (Å²) in [5.74, 6) is -0.0664. The van der Waals surface area contributed by atoms with Crippen molar-refractivity contribution in [3.05, 3.63) is 20.3 Å². The minimum Gasteiger partial charge on any atom is -0.337 e. The zero-order valence-corrected chi connectivity index (χ0v) is 10.9. The van der Waals surface area contributed by atoms with Crippen molar-refractivity contribution in [3.8, 4) is 0 Å². The Balaban J connectivity index is 2.15. The molecule has 2 heterocycles. The molecular formula is C10H12Cl2N2OS. The number of likely N-dealkylation sites (tertiary alicyclic amines) is 1. The maximum Gasteiger partial charge on any atom is 0.256 e. The summed E-state index contributed by atoms with van der Waals surface area (Å²) < 4.78 is 0.990. The maximum absolute atomic E-state index is 12.1. The van der Waals surface area contributed by atoms with Gasteiger partial charge < -0.3 is 10.6 Å². The summed E-state index contributed by atoms with van der Waals surface area (Å²) in [5, 5.41) is 0. The van der Waals surface area contributed by atoms with Gasteiger partial charge in [-0.25, -0.2) is 0 Å². The van der Waals surface area contributed by atoms with Gasteiger partial charge in [0.2, 0.25) is 0 Å². The molecule has 1 aromatic heterocycles. The number of piperidine rings is 1. The number of hydrogen-bond acceptors (Lipinski definition) is 3. The second-order valence-electron chi connectivity index (χ2n) is 3.89. The molecule has 2 rings (SSSR count). The average Bonchev–Trinajstić information content (AvgIpc) is 2.57. The van der Waals surface area contributed by atoms with E-state index >= 15 is 0 Å². The number of rotatable bonds is 1. The molecule has 2 N–H and O–H groups in total. The molecule has 16 heavy (non-hydrogen) atoms. The number of hydrogen-bond donors (Lipinski definition) is 1. The van der Waals surface area contributed by atoms with Crippen LogP contribution in [0.1, 0.15) is 23.2 Å². The van der Waals surface area contributed by atoms with Crippen molar-refractivity contribution in [1.82, 2.24) is 4.90 Å². The number of nitrogens with two attached hydrogens (primary N) is 1. The van der Waals surface area contributed by atoms with Crippen molar-refractivity contribution in [2.24, 2.45) is 5.73 Å². The van der Waals surface area contributed by atoms with E-state index in [1.54, 1.807) is 11.0 Å². The summed E-state index contributed by atoms with van der Waals surface area (Å²) in [5.41, 5.74) is 6.33. The van der Waals surface area contributed by atoms with Gasteiger partial charge in [-0.3, -0.25) is 4.79 Å². The zero-order valence-electron chi connectivity index (χ0n) is 8.58. The molecule has 1 aromatic rings. The van der Waals surface area contributed by atoms with Crippen molar-refractivity contribution in [1.29, 1.82) is 0 Å². The molecule has 88 valence electrons. The van der Waals surface area contributed by atoms with Crippen molar-refractivity contribution >= 4 is 40.4 Å². The number of nitrogens with zero attached hydrogens (tertiary/aromatic N) is 1. The van der Waals surface area contributed by atoms with Crippen LogP contribution in [0.25, 0.3) is 0 Å². The van der Waals surface area contributed by atoms with E-state index in [4.69, 9.17) is 28.9 Å². The molecule has 0 saturated carbocycles. The van der Waals surface area contributed by atoms with Gasteiger partial charge in [0, 0.05) is 19.1 Å². The van der Waals surface area contributed by atoms with E-state index in [1.807, 2.05) is 0 Å². The van der Waals surface area contributed by atoms with E-state index in [1.165, 1.54) is 11.3 Å². The van der Waals surface area contributed by atoms with E-state index in [0.29, 0.717) is 20.8 Å². The highest BCUT2D eigenvalue weighted by molar-refractivity contribution is 7.20. The monoisotopic (exact) mass is 278 g/mol. The first-order valence-electron chi connectivity index (χ1n) is 5.07. The van der Waals surface area contributed by atoms with Crippen molar-refractivity contribution in [2.75, 3.05) is 13.1 Å². The maximum atomic E-state index is 12.1. The van der Waals surface area contributed by atoms with Crippen LogP contribution >= 0.6 is 34.5 Å². The largest absolute Gasteiger partial charge is 0.337 e. The Morgan fingerprint density at radius 3 is 2.88 bits per heavy atom. The van der Waals surface area contributed by atoms with Crippen LogP contribution in [0.5, 0.6) is 0 Å². The van der Waals surface area contributed by atoms with Gasteiger partial charge in [0.1, 0.15) is 4.34 Å². The van der Waals surface area contributed by atoms with E-state index in [-0.39, 0.29) is 11.9 Å². The fourth-order valence-corrected chi connectivity index (χ4v) is 3.30. The van der Waals surface area contributed by atoms with Crippen molar-refractivity contribution < 1.29 is 4.79 Å². The number of halogens is 2. The summed E-state index contributed by atoms with van der Waals surface area (Å²) in [4.78, 5) is 13.9. The molecule has 0 bridgehead atoms. The quantitative estimate of drug-likeness (QED) is 0.859. The van der Waals surface area contributed by atoms with Gasteiger partial charge in [-0.1, -0.05) is 23.2 Å². The zero-order chi connectivity index (χ0) is 11.7. The highest BCUT2D eigenvalue weighted by Crippen LogP contribution is 2.32. The SMILES string of the molecule is NC1CCCN(C(=O)c2cc(Cl)sc2Cl)C1. The Kier molecular flexibility index (Phi) is 3.74. The Labute approximate surface area is 108 Å². The second-order valence-corrected chi connectivity index (χ2v) is 6.18. The van der Waals surface area contributed by atoms with E-state index in [2.05, 4.69) is 0 Å². The normalized spacial score (nSPS) is 21.2. The van der Waals surface area contributed by atoms with Crippen LogP contribution in [0.2, 0.25) is 8.67 Å². The molecule has 3 nitrogen and oxygen atoms in total. The molecular weight excluding hydrogens is 267 g/mol. The lowest BCUT2D eigenvalue weighted by atomic mass is 10.1. The Morgan fingerprint density at radius 1 is 1.56 bits per heavy atom. The predicted octanol–water partition coefficient (Wildman–Crippen LogP) is 2.62. The van der Waals surface area contributed by atoms with Gasteiger partial charge >= 0.3 is 0 Å². The van der Waals surface area contributed by atoms with Gasteiger partial charge in [0.25, 0.3) is 5.91 Å². The summed E-state index contributed by atoms with van der Waals surface area (Å²) in [6.07, 6.45) is 1.92. The Bertz CT molecular complexity index is 408. The highest BCUT2D eigenvalue weighted by Gasteiger charge is 2.24. The minimum atomic E-state index is -0.0664. The van der Waals surface area contributed by atoms with Crippen LogP contribution < -0.4 is 5.73 Å². The summed E-state index contributed by atoms with van der Waals surface area (Å²) in [6, 6.07) is 1.70. The van der Waals surface area contributed by atoms with Crippen LogP contribution in [0.15, 0.2) is 6.07 Å². The lowest BCUT2D eigenvalue weighted by Crippen LogP contribution is -2.45. The van der Waals surface area contributed by atoms with Gasteiger partial charge in [0.15, 0.2) is 0 Å². The Hall–Kier alpha value is -0.290. The summed E-state index contributed by atoms with van der Waals surface area (Å²) >= 11 is 13.0. The lowest BCUT2D eigenvalue weighted by molar-refractivity contribution is 0.0709. The molecule has 0 spiro atoms. The number of carbonyl (C=O) groups is 1. The Morgan fingerprint density at radius 2 is 2.31 bits per heavy atom. The van der Waals surface area contributed by atoms with E-state index in [0.717, 1.165) is 19.4 Å². The van der Waals surface area contributed by atoms with Crippen LogP contribution in [-0.4, -0.2) is 29.9 Å². The van der Waals surface area contributed by atoms with Gasteiger partial charge in [-0.2, -0.15) is 0 Å². The molecule has 1 saturated heterocycles. The third-order valence-electron chi connectivity index (χ3n) is 2.63. The molecule has 1 aliphatic rings. The van der Waals surface area contributed by atoms with Crippen LogP contribution in [-0.2, 0) is 0 Å². The first-order valence-corrected chi connectivity index (χ1v) is 6.65. The van der Waals surface area contributed by atoms with Crippen LogP contribution in [0, 0.1) is 0 Å². The average molecular weight is 279 g/mol. The number of thiophene rings is 1. The summed E-state index contributed by atoms with van der Waals surface area (Å²) in [6.45, 7) is 1.35. The standard InChI is InChI=1S/C10H12Cl2N2OS/c11-8-4-7(9(12)16-8)10(15)14-3-1-2-6(13)5-14/h4,6H,1-3,5,13H2. The molecule has 1 fully saturated rings. The van der Waals surface area contributed by atoms with Gasteiger partial charge in [-0.05, 0) is 18.9 Å². The smallest absolute Gasteiger partial charge is 0.256 e. The molecule has 6 heteroatoms. The van der Waals surface area contributed by atoms with E-state index < -0.39 is 0 Å². The molecule has 0 aromatic carbocycles. The molecule has 1 amide bonds. The third-order valence-corrected chi connectivity index (χ3v) is 4.12. The minimum absolute atomic E-state index is 0.0664. The fraction of sp³-hybridized carbons (Fsp3) is 0.500. The van der Waals surface area contributed by atoms with Crippen molar-refractivity contribution in [3.63, 3.8) is 0 Å².